The number of aryl methyl sites for hydroxylation is 1. The number of nitrogens with zero attached hydrogens (tertiary/aromatic N) is 4. The molecule has 0 bridgehead atoms. The molecule has 0 radical (unpaired) electrons. The zero-order valence-corrected chi connectivity index (χ0v) is 18.8. The van der Waals surface area contributed by atoms with Gasteiger partial charge in [0.25, 0.3) is 0 Å². The van der Waals surface area contributed by atoms with Gasteiger partial charge in [-0.2, -0.15) is 0 Å². The number of ether oxygens (including phenoxy) is 1. The molecule has 2 rings (SSSR count). The van der Waals surface area contributed by atoms with Gasteiger partial charge in [0.15, 0.2) is 5.96 Å². The third-order valence-electron chi connectivity index (χ3n) is 3.95. The molecular weight excluding hydrogens is 467 g/mol. The second kappa shape index (κ2) is 12.4. The van der Waals surface area contributed by atoms with E-state index in [9.17, 15) is 4.79 Å². The van der Waals surface area contributed by atoms with E-state index < -0.39 is 0 Å². The molecule has 1 amide bonds. The number of aromatic nitrogens is 1. The van der Waals surface area contributed by atoms with Gasteiger partial charge in [-0.3, -0.25) is 14.7 Å². The number of halogens is 1. The molecule has 0 aromatic carbocycles. The Hall–Kier alpha value is -0.980. The average Bonchev–Trinajstić information content (AvgIpc) is 3.02. The van der Waals surface area contributed by atoms with Gasteiger partial charge in [0.2, 0.25) is 5.91 Å². The van der Waals surface area contributed by atoms with E-state index in [2.05, 4.69) is 37.3 Å². The SMILES string of the molecule is CN=C(NCc1ncc(C)s1)N1CCN(CC(=O)NCCOC)CC1.I. The predicted molar refractivity (Wildman–Crippen MR) is 115 cm³/mol. The Bertz CT molecular complexity index is 575. The summed E-state index contributed by atoms with van der Waals surface area (Å²) in [6.45, 7) is 7.66. The summed E-state index contributed by atoms with van der Waals surface area (Å²) in [5.41, 5.74) is 0. The van der Waals surface area contributed by atoms with Gasteiger partial charge in [0, 0.05) is 58.0 Å². The molecule has 148 valence electrons. The summed E-state index contributed by atoms with van der Waals surface area (Å²) in [5, 5.41) is 7.29. The number of carbonyl (C=O) groups excluding carboxylic acids is 1. The fraction of sp³-hybridized carbons (Fsp3) is 0.688. The van der Waals surface area contributed by atoms with Crippen molar-refractivity contribution in [3.63, 3.8) is 0 Å². The standard InChI is InChI=1S/C16H28N6O2S.HI/c1-13-10-19-15(25-13)11-20-16(17-2)22-7-5-21(6-8-22)12-14(23)18-4-9-24-3;/h10H,4-9,11-12H2,1-3H3,(H,17,20)(H,18,23);1H. The van der Waals surface area contributed by atoms with Crippen LogP contribution in [0.4, 0.5) is 0 Å². The first-order valence-electron chi connectivity index (χ1n) is 8.47. The summed E-state index contributed by atoms with van der Waals surface area (Å²) < 4.78 is 4.93. The van der Waals surface area contributed by atoms with E-state index in [0.29, 0.717) is 26.2 Å². The summed E-state index contributed by atoms with van der Waals surface area (Å²) in [6.07, 6.45) is 1.89. The van der Waals surface area contributed by atoms with Gasteiger partial charge < -0.3 is 20.3 Å². The number of rotatable bonds is 7. The fourth-order valence-electron chi connectivity index (χ4n) is 2.64. The van der Waals surface area contributed by atoms with Crippen molar-refractivity contribution < 1.29 is 9.53 Å². The maximum Gasteiger partial charge on any atom is 0.234 e. The molecule has 0 spiro atoms. The number of methoxy groups -OCH3 is 1. The van der Waals surface area contributed by atoms with Crippen molar-refractivity contribution in [3.8, 4) is 0 Å². The minimum absolute atomic E-state index is 0. The maximum atomic E-state index is 11.9. The molecule has 8 nitrogen and oxygen atoms in total. The van der Waals surface area contributed by atoms with Gasteiger partial charge in [-0.1, -0.05) is 0 Å². The monoisotopic (exact) mass is 496 g/mol. The van der Waals surface area contributed by atoms with Crippen LogP contribution in [-0.4, -0.2) is 86.7 Å². The van der Waals surface area contributed by atoms with Gasteiger partial charge in [0.1, 0.15) is 5.01 Å². The maximum absolute atomic E-state index is 11.9. The molecule has 1 aliphatic rings. The quantitative estimate of drug-likeness (QED) is 0.248. The van der Waals surface area contributed by atoms with Crippen LogP contribution in [0.5, 0.6) is 0 Å². The summed E-state index contributed by atoms with van der Waals surface area (Å²) in [4.78, 5) is 26.2. The molecule has 0 saturated carbocycles. The second-order valence-electron chi connectivity index (χ2n) is 5.87. The van der Waals surface area contributed by atoms with E-state index in [1.807, 2.05) is 6.20 Å². The highest BCUT2D eigenvalue weighted by molar-refractivity contribution is 14.0. The molecule has 1 saturated heterocycles. The molecule has 2 N–H and O–H groups in total. The number of nitrogens with one attached hydrogen (secondary N) is 2. The fourth-order valence-corrected chi connectivity index (χ4v) is 3.37. The molecule has 2 heterocycles. The third-order valence-corrected chi connectivity index (χ3v) is 4.86. The summed E-state index contributed by atoms with van der Waals surface area (Å²) in [7, 11) is 3.42. The van der Waals surface area contributed by atoms with E-state index in [4.69, 9.17) is 4.74 Å². The zero-order chi connectivity index (χ0) is 18.1. The number of carbonyl (C=O) groups is 1. The Balaban J connectivity index is 0.00000338. The number of amides is 1. The molecular formula is C16H29IN6O2S. The van der Waals surface area contributed by atoms with E-state index in [1.165, 1.54) is 4.88 Å². The molecule has 0 atom stereocenters. The molecule has 10 heteroatoms. The van der Waals surface area contributed by atoms with Crippen molar-refractivity contribution >= 4 is 47.2 Å². The first kappa shape index (κ1) is 23.1. The number of guanidine groups is 1. The van der Waals surface area contributed by atoms with Crippen LogP contribution in [0.1, 0.15) is 9.88 Å². The predicted octanol–water partition coefficient (Wildman–Crippen LogP) is 0.525. The van der Waals surface area contributed by atoms with Crippen molar-refractivity contribution in [1.29, 1.82) is 0 Å². The van der Waals surface area contributed by atoms with Crippen LogP contribution in [0.2, 0.25) is 0 Å². The van der Waals surface area contributed by atoms with Crippen LogP contribution in [-0.2, 0) is 16.1 Å². The van der Waals surface area contributed by atoms with Crippen molar-refractivity contribution in [2.75, 3.05) is 60.0 Å². The van der Waals surface area contributed by atoms with Crippen molar-refractivity contribution in [3.05, 3.63) is 16.1 Å². The molecule has 1 aliphatic heterocycles. The lowest BCUT2D eigenvalue weighted by Crippen LogP contribution is -2.54. The highest BCUT2D eigenvalue weighted by Gasteiger charge is 2.21. The lowest BCUT2D eigenvalue weighted by molar-refractivity contribution is -0.122. The largest absolute Gasteiger partial charge is 0.383 e. The number of hydrogen-bond acceptors (Lipinski definition) is 6. The van der Waals surface area contributed by atoms with E-state index in [1.54, 1.807) is 25.5 Å². The minimum Gasteiger partial charge on any atom is -0.383 e. The minimum atomic E-state index is 0. The van der Waals surface area contributed by atoms with E-state index in [-0.39, 0.29) is 29.9 Å². The Labute approximate surface area is 176 Å². The Morgan fingerprint density at radius 1 is 1.35 bits per heavy atom. The van der Waals surface area contributed by atoms with Gasteiger partial charge in [0.05, 0.1) is 19.7 Å². The first-order valence-corrected chi connectivity index (χ1v) is 9.29. The number of aliphatic imine (C=N–C) groups is 1. The smallest absolute Gasteiger partial charge is 0.234 e. The molecule has 1 aromatic rings. The first-order chi connectivity index (χ1) is 12.1. The Morgan fingerprint density at radius 3 is 2.65 bits per heavy atom. The zero-order valence-electron chi connectivity index (χ0n) is 15.7. The van der Waals surface area contributed by atoms with Gasteiger partial charge >= 0.3 is 0 Å². The van der Waals surface area contributed by atoms with Crippen LogP contribution >= 0.6 is 35.3 Å². The lowest BCUT2D eigenvalue weighted by Gasteiger charge is -2.36. The van der Waals surface area contributed by atoms with E-state index >= 15 is 0 Å². The number of thiazole rings is 1. The van der Waals surface area contributed by atoms with E-state index in [0.717, 1.165) is 37.1 Å². The Morgan fingerprint density at radius 2 is 2.08 bits per heavy atom. The van der Waals surface area contributed by atoms with Gasteiger partial charge in [-0.15, -0.1) is 35.3 Å². The van der Waals surface area contributed by atoms with Crippen LogP contribution in [0.15, 0.2) is 11.2 Å². The van der Waals surface area contributed by atoms with Gasteiger partial charge in [-0.25, -0.2) is 4.98 Å². The number of piperazine rings is 1. The van der Waals surface area contributed by atoms with Crippen molar-refractivity contribution in [2.24, 2.45) is 4.99 Å². The van der Waals surface area contributed by atoms with Crippen LogP contribution in [0, 0.1) is 6.92 Å². The summed E-state index contributed by atoms with van der Waals surface area (Å²) in [5.74, 6) is 0.934. The van der Waals surface area contributed by atoms with Crippen molar-refractivity contribution in [1.82, 2.24) is 25.4 Å². The highest BCUT2D eigenvalue weighted by Crippen LogP contribution is 2.11. The highest BCUT2D eigenvalue weighted by atomic mass is 127. The molecule has 0 aliphatic carbocycles. The van der Waals surface area contributed by atoms with Crippen LogP contribution in [0.3, 0.4) is 0 Å². The van der Waals surface area contributed by atoms with Crippen molar-refractivity contribution in [2.45, 2.75) is 13.5 Å². The average molecular weight is 496 g/mol. The number of hydrogen-bond donors (Lipinski definition) is 2. The van der Waals surface area contributed by atoms with Crippen LogP contribution in [0.25, 0.3) is 0 Å². The molecule has 0 unspecified atom stereocenters. The molecule has 26 heavy (non-hydrogen) atoms. The second-order valence-corrected chi connectivity index (χ2v) is 7.19. The lowest BCUT2D eigenvalue weighted by atomic mass is 10.3. The normalized spacial score (nSPS) is 15.5. The molecule has 1 fully saturated rings. The van der Waals surface area contributed by atoms with Crippen LogP contribution < -0.4 is 10.6 Å². The van der Waals surface area contributed by atoms with Gasteiger partial charge in [-0.05, 0) is 6.92 Å². The summed E-state index contributed by atoms with van der Waals surface area (Å²) in [6, 6.07) is 0. The Kier molecular flexibility index (Phi) is 11.0. The summed E-state index contributed by atoms with van der Waals surface area (Å²) >= 11 is 1.69. The topological polar surface area (TPSA) is 82.1 Å². The molecule has 1 aromatic heterocycles. The third kappa shape index (κ3) is 7.72.